The van der Waals surface area contributed by atoms with Crippen LogP contribution in [0.4, 0.5) is 0 Å². The number of sulfonamides is 1. The van der Waals surface area contributed by atoms with E-state index in [1.54, 1.807) is 24.3 Å². The summed E-state index contributed by atoms with van der Waals surface area (Å²) in [4.78, 5) is 15.6. The Hall–Kier alpha value is -3.50. The third kappa shape index (κ3) is 5.42. The molecule has 2 atom stereocenters. The summed E-state index contributed by atoms with van der Waals surface area (Å²) >= 11 is 0. The largest absolute Gasteiger partial charge is 0.329 e. The van der Waals surface area contributed by atoms with Gasteiger partial charge in [-0.3, -0.25) is 14.0 Å². The zero-order chi connectivity index (χ0) is 27.7. The van der Waals surface area contributed by atoms with Gasteiger partial charge in [0.05, 0.1) is 16.6 Å². The fourth-order valence-electron chi connectivity index (χ4n) is 6.12. The predicted molar refractivity (Wildman–Crippen MR) is 152 cm³/mol. The van der Waals surface area contributed by atoms with E-state index < -0.39 is 22.0 Å². The minimum atomic E-state index is -3.92. The lowest BCUT2D eigenvalue weighted by Crippen LogP contribution is -2.50. The van der Waals surface area contributed by atoms with Gasteiger partial charge < -0.3 is 5.32 Å². The highest BCUT2D eigenvalue weighted by atomic mass is 32.2. The monoisotopic (exact) mass is 560 g/mol. The highest BCUT2D eigenvalue weighted by Crippen LogP contribution is 2.34. The van der Waals surface area contributed by atoms with Crippen LogP contribution < -0.4 is 5.32 Å². The Labute approximate surface area is 235 Å². The molecule has 1 aromatic heterocycles. The van der Waals surface area contributed by atoms with Gasteiger partial charge in [0.2, 0.25) is 5.91 Å². The van der Waals surface area contributed by atoms with E-state index in [9.17, 15) is 13.2 Å². The van der Waals surface area contributed by atoms with E-state index in [0.29, 0.717) is 5.69 Å². The molecule has 1 fully saturated rings. The first kappa shape index (κ1) is 26.7. The molecular formula is C30H36N6O3S. The molecule has 0 unspecified atom stereocenters. The summed E-state index contributed by atoms with van der Waals surface area (Å²) in [7, 11) is -3.92. The van der Waals surface area contributed by atoms with Gasteiger partial charge in [0.1, 0.15) is 6.04 Å². The van der Waals surface area contributed by atoms with E-state index in [0.717, 1.165) is 35.7 Å². The first-order chi connectivity index (χ1) is 19.4. The van der Waals surface area contributed by atoms with Crippen LogP contribution in [-0.2, 0) is 34.2 Å². The second kappa shape index (κ2) is 11.2. The van der Waals surface area contributed by atoms with Crippen molar-refractivity contribution in [2.24, 2.45) is 0 Å². The van der Waals surface area contributed by atoms with E-state index in [2.05, 4.69) is 38.7 Å². The summed E-state index contributed by atoms with van der Waals surface area (Å²) in [6.07, 6.45) is 11.8. The van der Waals surface area contributed by atoms with Gasteiger partial charge in [0.25, 0.3) is 10.0 Å². The van der Waals surface area contributed by atoms with Crippen LogP contribution in [0.25, 0.3) is 0 Å². The average Bonchev–Trinajstić information content (AvgIpc) is 3.43. The Bertz CT molecular complexity index is 1510. The average molecular weight is 561 g/mol. The molecule has 6 rings (SSSR count). The van der Waals surface area contributed by atoms with Crippen molar-refractivity contribution in [2.45, 2.75) is 75.4 Å². The van der Waals surface area contributed by atoms with E-state index >= 15 is 0 Å². The van der Waals surface area contributed by atoms with Crippen molar-refractivity contribution in [3.63, 3.8) is 0 Å². The maximum Gasteiger partial charge on any atom is 0.264 e. The molecular weight excluding hydrogens is 524 g/mol. The van der Waals surface area contributed by atoms with Crippen molar-refractivity contribution in [3.05, 3.63) is 89.0 Å². The van der Waals surface area contributed by atoms with Gasteiger partial charge >= 0.3 is 0 Å². The molecule has 3 aromatic rings. The number of rotatable bonds is 7. The topological polar surface area (TPSA) is 100 Å². The summed E-state index contributed by atoms with van der Waals surface area (Å²) in [6.45, 7) is 5.27. The molecule has 210 valence electrons. The zero-order valence-electron chi connectivity index (χ0n) is 22.9. The summed E-state index contributed by atoms with van der Waals surface area (Å²) in [5, 5.41) is 11.5. The molecule has 0 radical (unpaired) electrons. The van der Waals surface area contributed by atoms with E-state index in [1.165, 1.54) is 61.4 Å². The van der Waals surface area contributed by atoms with E-state index in [-0.39, 0.29) is 17.4 Å². The van der Waals surface area contributed by atoms with Crippen molar-refractivity contribution < 1.29 is 13.2 Å². The minimum absolute atomic E-state index is 0.0708. The molecule has 40 heavy (non-hydrogen) atoms. The highest BCUT2D eigenvalue weighted by Gasteiger charge is 2.36. The Balaban J connectivity index is 1.20. The van der Waals surface area contributed by atoms with Crippen molar-refractivity contribution in [1.29, 1.82) is 0 Å². The third-order valence-electron chi connectivity index (χ3n) is 8.28. The van der Waals surface area contributed by atoms with Crippen molar-refractivity contribution in [3.8, 4) is 0 Å². The molecule has 3 aliphatic rings. The number of amides is 1. The molecule has 0 spiro atoms. The van der Waals surface area contributed by atoms with Gasteiger partial charge in [-0.2, -0.15) is 0 Å². The smallest absolute Gasteiger partial charge is 0.264 e. The maximum absolute atomic E-state index is 13.4. The molecule has 9 nitrogen and oxygen atoms in total. The van der Waals surface area contributed by atoms with Gasteiger partial charge in [-0.15, -0.1) is 5.10 Å². The number of benzene rings is 2. The van der Waals surface area contributed by atoms with Gasteiger partial charge in [-0.1, -0.05) is 47.5 Å². The number of likely N-dealkylation sites (tertiary alicyclic amines) is 1. The van der Waals surface area contributed by atoms with Crippen molar-refractivity contribution in [2.75, 3.05) is 13.1 Å². The molecule has 0 saturated carbocycles. The molecule has 10 heteroatoms. The SMILES string of the molecule is Cc1ccc(S(=O)(=O)N2C=CNC(=O)[C@H]2Cc2cn([C@@H]3CCCc4cc(CN5CCCCC5)ccc43)nn2)cc1. The lowest BCUT2D eigenvalue weighted by Gasteiger charge is -2.31. The van der Waals surface area contributed by atoms with Gasteiger partial charge in [0, 0.05) is 31.6 Å². The Morgan fingerprint density at radius 1 is 1.02 bits per heavy atom. The van der Waals surface area contributed by atoms with Crippen LogP contribution in [0.2, 0.25) is 0 Å². The summed E-state index contributed by atoms with van der Waals surface area (Å²) < 4.78 is 29.9. The molecule has 1 aliphatic carbocycles. The predicted octanol–water partition coefficient (Wildman–Crippen LogP) is 3.70. The Morgan fingerprint density at radius 3 is 2.62 bits per heavy atom. The number of hydrogen-bond acceptors (Lipinski definition) is 6. The van der Waals surface area contributed by atoms with Crippen LogP contribution >= 0.6 is 0 Å². The number of piperidine rings is 1. The number of fused-ring (bicyclic) bond motifs is 1. The van der Waals surface area contributed by atoms with Gasteiger partial charge in [-0.25, -0.2) is 13.1 Å². The van der Waals surface area contributed by atoms with Crippen LogP contribution in [0.1, 0.15) is 66.1 Å². The van der Waals surface area contributed by atoms with Crippen LogP contribution in [-0.4, -0.2) is 57.7 Å². The van der Waals surface area contributed by atoms with Gasteiger partial charge in [-0.05, 0) is 80.9 Å². The number of nitrogens with zero attached hydrogens (tertiary/aromatic N) is 5. The standard InChI is InChI=1S/C30H36N6O3S/c1-22-8-11-26(12-9-22)40(38,39)36-17-14-31-30(37)29(36)19-25-21-35(33-32-25)28-7-5-6-24-18-23(10-13-27(24)28)20-34-15-3-2-4-16-34/h8-14,17-18,21,28-29H,2-7,15-16,19-20H2,1H3,(H,31,37)/t28-,29-/m1/s1. The minimum Gasteiger partial charge on any atom is -0.329 e. The molecule has 1 amide bonds. The Morgan fingerprint density at radius 2 is 1.82 bits per heavy atom. The maximum atomic E-state index is 13.4. The lowest BCUT2D eigenvalue weighted by molar-refractivity contribution is -0.124. The lowest BCUT2D eigenvalue weighted by atomic mass is 9.86. The molecule has 1 saturated heterocycles. The zero-order valence-corrected chi connectivity index (χ0v) is 23.7. The summed E-state index contributed by atoms with van der Waals surface area (Å²) in [5.74, 6) is -0.392. The molecule has 2 aliphatic heterocycles. The van der Waals surface area contributed by atoms with Crippen LogP contribution in [0, 0.1) is 6.92 Å². The van der Waals surface area contributed by atoms with Crippen LogP contribution in [0.5, 0.6) is 0 Å². The first-order valence-electron chi connectivity index (χ1n) is 14.2. The van der Waals surface area contributed by atoms with Crippen molar-refractivity contribution >= 4 is 15.9 Å². The normalized spacial score (nSPS) is 21.7. The number of aromatic nitrogens is 3. The molecule has 3 heterocycles. The first-order valence-corrected chi connectivity index (χ1v) is 15.6. The number of nitrogens with one attached hydrogen (secondary N) is 1. The quantitative estimate of drug-likeness (QED) is 0.473. The number of hydrogen-bond donors (Lipinski definition) is 1. The number of carbonyl (C=O) groups excluding carboxylic acids is 1. The summed E-state index contributed by atoms with van der Waals surface area (Å²) in [5.41, 5.74) is 5.55. The molecule has 0 bridgehead atoms. The number of carbonyl (C=O) groups is 1. The second-order valence-electron chi connectivity index (χ2n) is 11.2. The van der Waals surface area contributed by atoms with Crippen LogP contribution in [0.3, 0.4) is 0 Å². The van der Waals surface area contributed by atoms with Gasteiger partial charge in [0.15, 0.2) is 0 Å². The summed E-state index contributed by atoms with van der Waals surface area (Å²) in [6, 6.07) is 12.6. The second-order valence-corrected chi connectivity index (χ2v) is 13.0. The fraction of sp³-hybridized carbons (Fsp3) is 0.433. The van der Waals surface area contributed by atoms with Crippen LogP contribution in [0.15, 0.2) is 66.0 Å². The van der Waals surface area contributed by atoms with E-state index in [4.69, 9.17) is 0 Å². The van der Waals surface area contributed by atoms with E-state index in [1.807, 2.05) is 17.8 Å². The highest BCUT2D eigenvalue weighted by molar-refractivity contribution is 7.89. The third-order valence-corrected chi connectivity index (χ3v) is 10.1. The number of aryl methyl sites for hydroxylation is 2. The molecule has 2 aromatic carbocycles. The fourth-order valence-corrected chi connectivity index (χ4v) is 7.57. The molecule has 1 N–H and O–H groups in total. The Kier molecular flexibility index (Phi) is 7.46. The van der Waals surface area contributed by atoms with Crippen molar-refractivity contribution in [1.82, 2.24) is 29.5 Å².